The molecule has 0 atom stereocenters. The van der Waals surface area contributed by atoms with Gasteiger partial charge in [-0.2, -0.15) is 0 Å². The highest BCUT2D eigenvalue weighted by Crippen LogP contribution is 2.40. The maximum atomic E-state index is 12.1. The Bertz CT molecular complexity index is 598. The first-order chi connectivity index (χ1) is 10.2. The molecule has 0 spiro atoms. The monoisotopic (exact) mass is 303 g/mol. The lowest BCUT2D eigenvalue weighted by atomic mass is 9.79. The Labute approximate surface area is 129 Å². The maximum absolute atomic E-state index is 12.1. The number of amides is 1. The zero-order valence-electron chi connectivity index (χ0n) is 11.8. The fourth-order valence-corrected chi connectivity index (χ4v) is 3.29. The van der Waals surface area contributed by atoms with Crippen LogP contribution in [0.3, 0.4) is 0 Å². The Morgan fingerprint density at radius 1 is 1.19 bits per heavy atom. The van der Waals surface area contributed by atoms with Gasteiger partial charge in [0.15, 0.2) is 0 Å². The molecule has 4 heteroatoms. The third kappa shape index (κ3) is 2.98. The largest absolute Gasteiger partial charge is 0.472 e. The summed E-state index contributed by atoms with van der Waals surface area (Å²) in [4.78, 5) is 12.1. The highest BCUT2D eigenvalue weighted by atomic mass is 35.5. The van der Waals surface area contributed by atoms with Crippen LogP contribution >= 0.6 is 11.6 Å². The van der Waals surface area contributed by atoms with E-state index in [0.29, 0.717) is 12.1 Å². The molecule has 2 aromatic rings. The molecule has 1 aliphatic carbocycles. The van der Waals surface area contributed by atoms with E-state index in [9.17, 15) is 4.79 Å². The second-order valence-electron chi connectivity index (χ2n) is 5.69. The molecule has 0 aliphatic heterocycles. The van der Waals surface area contributed by atoms with Gasteiger partial charge in [0, 0.05) is 17.0 Å². The predicted molar refractivity (Wildman–Crippen MR) is 82.6 cm³/mol. The average molecular weight is 304 g/mol. The third-order valence-electron chi connectivity index (χ3n) is 4.39. The number of rotatable bonds is 4. The molecule has 0 saturated heterocycles. The quantitative estimate of drug-likeness (QED) is 0.921. The van der Waals surface area contributed by atoms with Crippen molar-refractivity contribution in [1.29, 1.82) is 0 Å². The number of hydrogen-bond acceptors (Lipinski definition) is 2. The summed E-state index contributed by atoms with van der Waals surface area (Å²) in [5.74, 6) is -0.0796. The van der Waals surface area contributed by atoms with Crippen molar-refractivity contribution < 1.29 is 9.21 Å². The number of halogens is 1. The fraction of sp³-hybridized carbons (Fsp3) is 0.353. The van der Waals surface area contributed by atoms with E-state index < -0.39 is 0 Å². The lowest BCUT2D eigenvalue weighted by Crippen LogP contribution is -2.38. The van der Waals surface area contributed by atoms with Gasteiger partial charge in [0.25, 0.3) is 5.91 Å². The number of hydrogen-bond donors (Lipinski definition) is 1. The number of furan rings is 1. The molecule has 0 unspecified atom stereocenters. The molecule has 1 heterocycles. The van der Waals surface area contributed by atoms with Crippen LogP contribution in [0.4, 0.5) is 0 Å². The van der Waals surface area contributed by atoms with Crippen molar-refractivity contribution in [2.75, 3.05) is 6.54 Å². The van der Waals surface area contributed by atoms with Crippen LogP contribution in [0.15, 0.2) is 47.3 Å². The molecular formula is C17H18ClNO2. The molecule has 1 fully saturated rings. The summed E-state index contributed by atoms with van der Waals surface area (Å²) in [5, 5.41) is 3.79. The Morgan fingerprint density at radius 2 is 1.90 bits per heavy atom. The van der Waals surface area contributed by atoms with Crippen LogP contribution in [0.25, 0.3) is 0 Å². The first-order valence-corrected chi connectivity index (χ1v) is 7.64. The van der Waals surface area contributed by atoms with Crippen LogP contribution in [0.5, 0.6) is 0 Å². The molecule has 0 radical (unpaired) electrons. The Morgan fingerprint density at radius 3 is 2.52 bits per heavy atom. The van der Waals surface area contributed by atoms with Crippen molar-refractivity contribution in [3.05, 3.63) is 59.0 Å². The minimum atomic E-state index is -0.0796. The summed E-state index contributed by atoms with van der Waals surface area (Å²) in [6, 6.07) is 9.69. The molecule has 110 valence electrons. The minimum absolute atomic E-state index is 0.0317. The lowest BCUT2D eigenvalue weighted by molar-refractivity contribution is 0.0942. The van der Waals surface area contributed by atoms with Gasteiger partial charge in [-0.05, 0) is 36.6 Å². The van der Waals surface area contributed by atoms with Crippen molar-refractivity contribution in [3.63, 3.8) is 0 Å². The zero-order valence-corrected chi connectivity index (χ0v) is 12.5. The minimum Gasteiger partial charge on any atom is -0.472 e. The molecule has 1 aromatic heterocycles. The van der Waals surface area contributed by atoms with Gasteiger partial charge < -0.3 is 9.73 Å². The van der Waals surface area contributed by atoms with Crippen molar-refractivity contribution in [1.82, 2.24) is 5.32 Å². The average Bonchev–Trinajstić information content (AvgIpc) is 3.18. The maximum Gasteiger partial charge on any atom is 0.254 e. The second-order valence-corrected chi connectivity index (χ2v) is 6.13. The van der Waals surface area contributed by atoms with Gasteiger partial charge in [-0.1, -0.05) is 36.6 Å². The van der Waals surface area contributed by atoms with E-state index in [0.717, 1.165) is 17.9 Å². The Balaban J connectivity index is 1.75. The van der Waals surface area contributed by atoms with E-state index in [-0.39, 0.29) is 11.3 Å². The third-order valence-corrected chi connectivity index (χ3v) is 4.64. The van der Waals surface area contributed by atoms with Crippen LogP contribution in [-0.4, -0.2) is 12.5 Å². The summed E-state index contributed by atoms with van der Waals surface area (Å²) in [6.07, 6.45) is 7.58. The number of nitrogens with one attached hydrogen (secondary N) is 1. The number of benzene rings is 1. The van der Waals surface area contributed by atoms with E-state index in [4.69, 9.17) is 16.0 Å². The molecule has 21 heavy (non-hydrogen) atoms. The van der Waals surface area contributed by atoms with Gasteiger partial charge in [0.1, 0.15) is 6.26 Å². The van der Waals surface area contributed by atoms with E-state index >= 15 is 0 Å². The summed E-state index contributed by atoms with van der Waals surface area (Å²) in [5.41, 5.74) is 1.86. The lowest BCUT2D eigenvalue weighted by Gasteiger charge is -2.30. The molecule has 3 nitrogen and oxygen atoms in total. The highest BCUT2D eigenvalue weighted by molar-refractivity contribution is 6.30. The zero-order chi connectivity index (χ0) is 14.7. The van der Waals surface area contributed by atoms with Crippen LogP contribution < -0.4 is 5.32 Å². The molecule has 1 amide bonds. The summed E-state index contributed by atoms with van der Waals surface area (Å²) in [7, 11) is 0. The van der Waals surface area contributed by atoms with Crippen LogP contribution in [0.2, 0.25) is 5.02 Å². The normalized spacial score (nSPS) is 16.8. The molecule has 0 bridgehead atoms. The molecule has 1 aliphatic rings. The topological polar surface area (TPSA) is 42.2 Å². The van der Waals surface area contributed by atoms with Gasteiger partial charge in [0.2, 0.25) is 0 Å². The van der Waals surface area contributed by atoms with Gasteiger partial charge in [0.05, 0.1) is 11.8 Å². The molecule has 1 N–H and O–H groups in total. The van der Waals surface area contributed by atoms with E-state index in [1.165, 1.54) is 30.9 Å². The number of carbonyl (C=O) groups is 1. The van der Waals surface area contributed by atoms with Gasteiger partial charge >= 0.3 is 0 Å². The predicted octanol–water partition coefficient (Wildman–Crippen LogP) is 4.17. The summed E-state index contributed by atoms with van der Waals surface area (Å²) >= 11 is 5.98. The summed E-state index contributed by atoms with van der Waals surface area (Å²) in [6.45, 7) is 0.651. The molecular weight excluding hydrogens is 286 g/mol. The Hall–Kier alpha value is -1.74. The van der Waals surface area contributed by atoms with Crippen molar-refractivity contribution in [2.45, 2.75) is 31.1 Å². The first kappa shape index (κ1) is 14.2. The van der Waals surface area contributed by atoms with E-state index in [1.54, 1.807) is 6.07 Å². The second kappa shape index (κ2) is 5.94. The standard InChI is InChI=1S/C17H18ClNO2/c18-15-5-3-14(4-6-15)17(8-1-2-9-17)12-19-16(20)13-7-10-21-11-13/h3-7,10-11H,1-2,8-9,12H2,(H,19,20). The number of carbonyl (C=O) groups excluding carboxylic acids is 1. The van der Waals surface area contributed by atoms with Crippen molar-refractivity contribution in [2.24, 2.45) is 0 Å². The molecule has 3 rings (SSSR count). The summed E-state index contributed by atoms with van der Waals surface area (Å²) < 4.78 is 4.95. The van der Waals surface area contributed by atoms with Gasteiger partial charge in [-0.3, -0.25) is 4.79 Å². The van der Waals surface area contributed by atoms with Crippen LogP contribution in [0, 0.1) is 0 Å². The fourth-order valence-electron chi connectivity index (χ4n) is 3.17. The van der Waals surface area contributed by atoms with Gasteiger partial charge in [-0.15, -0.1) is 0 Å². The SMILES string of the molecule is O=C(NCC1(c2ccc(Cl)cc2)CCCC1)c1ccoc1. The van der Waals surface area contributed by atoms with Crippen molar-refractivity contribution >= 4 is 17.5 Å². The van der Waals surface area contributed by atoms with E-state index in [2.05, 4.69) is 17.4 Å². The highest BCUT2D eigenvalue weighted by Gasteiger charge is 2.35. The molecule has 1 aromatic carbocycles. The Kier molecular flexibility index (Phi) is 4.02. The van der Waals surface area contributed by atoms with Crippen LogP contribution in [-0.2, 0) is 5.41 Å². The van der Waals surface area contributed by atoms with Crippen LogP contribution in [0.1, 0.15) is 41.6 Å². The van der Waals surface area contributed by atoms with Crippen molar-refractivity contribution in [3.8, 4) is 0 Å². The first-order valence-electron chi connectivity index (χ1n) is 7.26. The molecule has 1 saturated carbocycles. The van der Waals surface area contributed by atoms with E-state index in [1.807, 2.05) is 12.1 Å². The van der Waals surface area contributed by atoms with Gasteiger partial charge in [-0.25, -0.2) is 0 Å². The smallest absolute Gasteiger partial charge is 0.254 e.